The van der Waals surface area contributed by atoms with Crippen molar-refractivity contribution in [2.75, 3.05) is 0 Å². The van der Waals surface area contributed by atoms with E-state index in [1.807, 2.05) is 0 Å². The Balaban J connectivity index is 1.01. The molecule has 2 nitrogen and oxygen atoms in total. The van der Waals surface area contributed by atoms with E-state index >= 15 is 0 Å². The molecule has 0 spiro atoms. The van der Waals surface area contributed by atoms with Crippen molar-refractivity contribution in [3.63, 3.8) is 0 Å². The van der Waals surface area contributed by atoms with Crippen LogP contribution in [0.4, 0.5) is 0 Å². The maximum absolute atomic E-state index is 2.51. The fourth-order valence-electron chi connectivity index (χ4n) is 10.8. The highest BCUT2D eigenvalue weighted by atomic mass is 15.0. The predicted octanol–water partition coefficient (Wildman–Crippen LogP) is 16.2. The van der Waals surface area contributed by atoms with Crippen LogP contribution in [0.3, 0.4) is 0 Å². The van der Waals surface area contributed by atoms with Crippen molar-refractivity contribution in [2.24, 2.45) is 0 Å². The van der Waals surface area contributed by atoms with Crippen LogP contribution in [-0.4, -0.2) is 9.13 Å². The highest BCUT2D eigenvalue weighted by Gasteiger charge is 2.34. The number of nitrogens with zero attached hydrogens (tertiary/aromatic N) is 2. The minimum atomic E-state index is 0.430. The second-order valence-corrected chi connectivity index (χ2v) is 17.3. The van der Waals surface area contributed by atoms with Gasteiger partial charge in [0.2, 0.25) is 0 Å². The first-order valence-corrected chi connectivity index (χ1v) is 22.0. The predicted molar refractivity (Wildman–Crippen MR) is 262 cm³/mol. The van der Waals surface area contributed by atoms with Crippen LogP contribution in [0, 0.1) is 0 Å². The second kappa shape index (κ2) is 13.9. The summed E-state index contributed by atoms with van der Waals surface area (Å²) in [6, 6.07) is 81.2. The molecule has 292 valence electrons. The van der Waals surface area contributed by atoms with Crippen LogP contribution in [-0.2, 0) is 0 Å². The zero-order valence-electron chi connectivity index (χ0n) is 34.2. The Morgan fingerprint density at radius 2 is 0.742 bits per heavy atom. The van der Waals surface area contributed by atoms with E-state index in [0.29, 0.717) is 11.8 Å². The molecule has 0 unspecified atom stereocenters. The molecule has 0 aliphatic heterocycles. The smallest absolute Gasteiger partial charge is 0.0541 e. The van der Waals surface area contributed by atoms with Gasteiger partial charge in [0, 0.05) is 32.9 Å². The van der Waals surface area contributed by atoms with Crippen LogP contribution in [0.5, 0.6) is 0 Å². The fourth-order valence-corrected chi connectivity index (χ4v) is 10.8. The van der Waals surface area contributed by atoms with Crippen LogP contribution in [0.25, 0.3) is 98.8 Å². The molecule has 2 aromatic heterocycles. The largest absolute Gasteiger partial charge is 0.309 e. The topological polar surface area (TPSA) is 9.86 Å². The van der Waals surface area contributed by atoms with E-state index < -0.39 is 0 Å². The molecule has 0 N–H and O–H groups in total. The molecule has 2 heteroatoms. The first kappa shape index (κ1) is 35.1. The van der Waals surface area contributed by atoms with Crippen molar-refractivity contribution in [2.45, 2.75) is 24.7 Å². The summed E-state index contributed by atoms with van der Waals surface area (Å²) in [6.07, 6.45) is 2.24. The second-order valence-electron chi connectivity index (χ2n) is 17.3. The molecule has 2 heterocycles. The number of hydrogen-bond donors (Lipinski definition) is 0. The van der Waals surface area contributed by atoms with Crippen LogP contribution in [0.2, 0.25) is 0 Å². The van der Waals surface area contributed by atoms with E-state index in [2.05, 4.69) is 228 Å². The van der Waals surface area contributed by atoms with Crippen molar-refractivity contribution >= 4 is 65.2 Å². The van der Waals surface area contributed by atoms with Gasteiger partial charge in [-0.05, 0) is 134 Å². The molecule has 1 aliphatic carbocycles. The van der Waals surface area contributed by atoms with Gasteiger partial charge >= 0.3 is 0 Å². The van der Waals surface area contributed by atoms with Gasteiger partial charge in [-0.3, -0.25) is 0 Å². The van der Waals surface area contributed by atoms with Crippen LogP contribution >= 0.6 is 0 Å². The standard InChI is InChI=1S/C60H42N2/c1-3-15-39(16-4-1)41-27-29-59-55(35-41)52-23-11-13-25-57(52)61(59)47-33-45(44-31-46(32-44)54-37-43-19-7-8-20-49(43)50-21-9-10-22-51(50)54)34-48(38-47)62-58-26-14-12-24-53(58)56-36-42(28-30-60(56)62)40-17-5-2-6-18-40/h1-30,33-38,44,46H,31-32H2. The maximum Gasteiger partial charge on any atom is 0.0541 e. The van der Waals surface area contributed by atoms with E-state index in [0.717, 1.165) is 12.8 Å². The summed E-state index contributed by atoms with van der Waals surface area (Å²) in [5, 5.41) is 10.5. The number of aromatic nitrogens is 2. The van der Waals surface area contributed by atoms with Gasteiger partial charge in [0.05, 0.1) is 22.1 Å². The molecular formula is C60H42N2. The van der Waals surface area contributed by atoms with Gasteiger partial charge in [-0.2, -0.15) is 0 Å². The lowest BCUT2D eigenvalue weighted by Gasteiger charge is -2.37. The quantitative estimate of drug-likeness (QED) is 0.149. The molecule has 10 aromatic carbocycles. The molecule has 0 bridgehead atoms. The molecule has 12 aromatic rings. The lowest BCUT2D eigenvalue weighted by molar-refractivity contribution is 0.353. The van der Waals surface area contributed by atoms with E-state index in [4.69, 9.17) is 0 Å². The monoisotopic (exact) mass is 790 g/mol. The van der Waals surface area contributed by atoms with Gasteiger partial charge in [0.1, 0.15) is 0 Å². The van der Waals surface area contributed by atoms with Crippen molar-refractivity contribution in [1.82, 2.24) is 9.13 Å². The Morgan fingerprint density at radius 3 is 1.31 bits per heavy atom. The summed E-state index contributed by atoms with van der Waals surface area (Å²) in [7, 11) is 0. The van der Waals surface area contributed by atoms with Crippen molar-refractivity contribution in [3.8, 4) is 33.6 Å². The Labute approximate surface area is 360 Å². The van der Waals surface area contributed by atoms with E-state index in [1.165, 1.54) is 110 Å². The van der Waals surface area contributed by atoms with E-state index in [9.17, 15) is 0 Å². The molecular weight excluding hydrogens is 749 g/mol. The number of fused-ring (bicyclic) bond motifs is 9. The number of rotatable bonds is 6. The minimum absolute atomic E-state index is 0.430. The highest BCUT2D eigenvalue weighted by molar-refractivity contribution is 6.12. The van der Waals surface area contributed by atoms with Gasteiger partial charge in [-0.15, -0.1) is 0 Å². The maximum atomic E-state index is 2.51. The fraction of sp³-hybridized carbons (Fsp3) is 0.0667. The van der Waals surface area contributed by atoms with Crippen LogP contribution in [0.15, 0.2) is 218 Å². The Bertz CT molecular complexity index is 3520. The third-order valence-electron chi connectivity index (χ3n) is 13.9. The van der Waals surface area contributed by atoms with Crippen LogP contribution in [0.1, 0.15) is 35.8 Å². The first-order valence-electron chi connectivity index (χ1n) is 22.0. The Morgan fingerprint density at radius 1 is 0.290 bits per heavy atom. The third kappa shape index (κ3) is 5.50. The van der Waals surface area contributed by atoms with Gasteiger partial charge in [-0.25, -0.2) is 0 Å². The molecule has 1 aliphatic rings. The zero-order valence-corrected chi connectivity index (χ0v) is 34.2. The molecule has 1 fully saturated rings. The summed E-state index contributed by atoms with van der Waals surface area (Å²) in [5.74, 6) is 0.926. The molecule has 13 rings (SSSR count). The molecule has 0 radical (unpaired) electrons. The Kier molecular flexibility index (Phi) is 7.90. The molecule has 62 heavy (non-hydrogen) atoms. The van der Waals surface area contributed by atoms with Gasteiger partial charge in [0.15, 0.2) is 0 Å². The SMILES string of the molecule is c1ccc(-c2ccc3c(c2)c2ccccc2n3-c2cc(C3CC(c4cc5ccccc5c5ccccc45)C3)cc(-n3c4ccccc4c4cc(-c5ccccc5)ccc43)c2)cc1. The first-order chi connectivity index (χ1) is 30.7. The van der Waals surface area contributed by atoms with Crippen molar-refractivity contribution < 1.29 is 0 Å². The summed E-state index contributed by atoms with van der Waals surface area (Å²) in [5.41, 5.74) is 15.1. The Hall–Kier alpha value is -7.68. The van der Waals surface area contributed by atoms with Gasteiger partial charge in [0.25, 0.3) is 0 Å². The third-order valence-corrected chi connectivity index (χ3v) is 13.9. The summed E-state index contributed by atoms with van der Waals surface area (Å²) in [6.45, 7) is 0. The summed E-state index contributed by atoms with van der Waals surface area (Å²) < 4.78 is 5.03. The molecule has 0 atom stereocenters. The molecule has 0 saturated heterocycles. The average Bonchev–Trinajstić information content (AvgIpc) is 3.84. The summed E-state index contributed by atoms with van der Waals surface area (Å²) >= 11 is 0. The van der Waals surface area contributed by atoms with E-state index in [-0.39, 0.29) is 0 Å². The highest BCUT2D eigenvalue weighted by Crippen LogP contribution is 2.51. The zero-order chi connectivity index (χ0) is 40.7. The van der Waals surface area contributed by atoms with E-state index in [1.54, 1.807) is 0 Å². The number of benzene rings is 10. The lowest BCUT2D eigenvalue weighted by Crippen LogP contribution is -2.21. The van der Waals surface area contributed by atoms with Gasteiger partial charge < -0.3 is 9.13 Å². The van der Waals surface area contributed by atoms with Crippen LogP contribution < -0.4 is 0 Å². The summed E-state index contributed by atoms with van der Waals surface area (Å²) in [4.78, 5) is 0. The normalized spacial score (nSPS) is 15.3. The molecule has 1 saturated carbocycles. The number of hydrogen-bond acceptors (Lipinski definition) is 0. The minimum Gasteiger partial charge on any atom is -0.309 e. The molecule has 0 amide bonds. The van der Waals surface area contributed by atoms with Crippen molar-refractivity contribution in [3.05, 3.63) is 230 Å². The lowest BCUT2D eigenvalue weighted by atomic mass is 9.67. The average molecular weight is 791 g/mol. The number of para-hydroxylation sites is 2. The van der Waals surface area contributed by atoms with Gasteiger partial charge in [-0.1, -0.05) is 164 Å². The van der Waals surface area contributed by atoms with Crippen molar-refractivity contribution in [1.29, 1.82) is 0 Å².